The van der Waals surface area contributed by atoms with Crippen LogP contribution in [0.3, 0.4) is 0 Å². The summed E-state index contributed by atoms with van der Waals surface area (Å²) >= 11 is 4.42. The zero-order chi connectivity index (χ0) is 30.1. The summed E-state index contributed by atoms with van der Waals surface area (Å²) in [5, 5.41) is 14.8. The Bertz CT molecular complexity index is 1570. The Kier molecular flexibility index (Phi) is 11.8. The molecule has 0 aliphatic heterocycles. The molecule has 0 atom stereocenters. The second-order valence-corrected chi connectivity index (χ2v) is 11.1. The van der Waals surface area contributed by atoms with Gasteiger partial charge in [0.05, 0.1) is 29.6 Å². The number of anilines is 4. The minimum absolute atomic E-state index is 0.159. The van der Waals surface area contributed by atoms with Crippen LogP contribution in [0.5, 0.6) is 0 Å². The number of aryl methyl sites for hydroxylation is 2. The lowest BCUT2D eigenvalue weighted by Crippen LogP contribution is -2.22. The zero-order valence-electron chi connectivity index (χ0n) is 22.1. The molecule has 214 valence electrons. The van der Waals surface area contributed by atoms with E-state index in [1.54, 1.807) is 5.48 Å². The first kappa shape index (κ1) is 32.2. The fraction of sp³-hybridized carbons (Fsp3) is 0.103. The van der Waals surface area contributed by atoms with E-state index in [1.807, 2.05) is 50.2 Å². The molecule has 0 unspecified atom stereocenters. The first-order chi connectivity index (χ1) is 19.5. The van der Waals surface area contributed by atoms with Crippen LogP contribution in [-0.4, -0.2) is 24.1 Å². The van der Waals surface area contributed by atoms with Crippen LogP contribution in [-0.2, 0) is 4.84 Å². The topological polar surface area (TPSA) is 112 Å². The smallest absolute Gasteiger partial charge is 0.276 e. The zero-order valence-corrected chi connectivity index (χ0v) is 26.4. The summed E-state index contributed by atoms with van der Waals surface area (Å²) in [6.45, 7) is 3.86. The summed E-state index contributed by atoms with van der Waals surface area (Å²) in [6, 6.07) is 19.1. The summed E-state index contributed by atoms with van der Waals surface area (Å²) < 4.78 is 29.0. The van der Waals surface area contributed by atoms with Gasteiger partial charge in [0, 0.05) is 18.5 Å². The third kappa shape index (κ3) is 9.08. The van der Waals surface area contributed by atoms with Crippen molar-refractivity contribution in [3.05, 3.63) is 114 Å². The summed E-state index contributed by atoms with van der Waals surface area (Å²) in [4.78, 5) is 28.1. The SMILES string of the molecule is CONC(=O)c1ccc(F)cc1Nc1ccc(I)cc1C.Cc1cc(I)ccc1Nc1cc(F)ccc1C(=O)NO. The molecule has 2 amide bonds. The second-order valence-electron chi connectivity index (χ2n) is 8.62. The van der Waals surface area contributed by atoms with Crippen LogP contribution in [0, 0.1) is 32.6 Å². The molecule has 4 rings (SSSR count). The van der Waals surface area contributed by atoms with Crippen LogP contribution in [0.25, 0.3) is 0 Å². The molecule has 5 N–H and O–H groups in total. The minimum atomic E-state index is -0.698. The predicted molar refractivity (Wildman–Crippen MR) is 171 cm³/mol. The number of carbonyl (C=O) groups excluding carboxylic acids is 2. The van der Waals surface area contributed by atoms with Crippen molar-refractivity contribution >= 4 is 79.7 Å². The number of hydrogen-bond acceptors (Lipinski definition) is 6. The average molecular weight is 786 g/mol. The van der Waals surface area contributed by atoms with Gasteiger partial charge in [0.1, 0.15) is 11.6 Å². The van der Waals surface area contributed by atoms with Crippen LogP contribution >= 0.6 is 45.2 Å². The average Bonchev–Trinajstić information content (AvgIpc) is 2.92. The molecule has 0 aliphatic carbocycles. The van der Waals surface area contributed by atoms with Crippen molar-refractivity contribution in [3.63, 3.8) is 0 Å². The molecule has 0 radical (unpaired) electrons. The Morgan fingerprint density at radius 2 is 1.12 bits per heavy atom. The summed E-state index contributed by atoms with van der Waals surface area (Å²) in [6.07, 6.45) is 0. The maximum absolute atomic E-state index is 13.5. The van der Waals surface area contributed by atoms with Crippen molar-refractivity contribution in [1.29, 1.82) is 0 Å². The van der Waals surface area contributed by atoms with Gasteiger partial charge < -0.3 is 10.6 Å². The molecule has 12 heteroatoms. The fourth-order valence-electron chi connectivity index (χ4n) is 3.67. The maximum Gasteiger partial charge on any atom is 0.276 e. The summed E-state index contributed by atoms with van der Waals surface area (Å²) in [7, 11) is 1.35. The molecule has 4 aromatic rings. The Morgan fingerprint density at radius 3 is 1.51 bits per heavy atom. The predicted octanol–water partition coefficient (Wildman–Crippen LogP) is 7.37. The van der Waals surface area contributed by atoms with E-state index >= 15 is 0 Å². The Labute approximate surface area is 263 Å². The van der Waals surface area contributed by atoms with Gasteiger partial charge in [-0.1, -0.05) is 0 Å². The molecule has 4 aromatic carbocycles. The van der Waals surface area contributed by atoms with Gasteiger partial charge in [-0.3, -0.25) is 19.6 Å². The molecular formula is C29H26F2I2N4O4. The van der Waals surface area contributed by atoms with E-state index in [-0.39, 0.29) is 5.56 Å². The Balaban J connectivity index is 0.000000226. The number of rotatable bonds is 7. The maximum atomic E-state index is 13.5. The molecule has 41 heavy (non-hydrogen) atoms. The van der Waals surface area contributed by atoms with Crippen molar-refractivity contribution in [2.45, 2.75) is 13.8 Å². The number of carbonyl (C=O) groups is 2. The molecule has 0 saturated heterocycles. The van der Waals surface area contributed by atoms with Crippen LogP contribution in [0.15, 0.2) is 72.8 Å². The quantitative estimate of drug-likeness (QED) is 0.0761. The molecule has 0 saturated carbocycles. The van der Waals surface area contributed by atoms with Crippen molar-refractivity contribution in [2.75, 3.05) is 17.7 Å². The lowest BCUT2D eigenvalue weighted by atomic mass is 10.1. The van der Waals surface area contributed by atoms with Gasteiger partial charge in [0.2, 0.25) is 0 Å². The second kappa shape index (κ2) is 15.0. The molecule has 0 heterocycles. The molecule has 0 aromatic heterocycles. The van der Waals surface area contributed by atoms with E-state index in [2.05, 4.69) is 66.1 Å². The van der Waals surface area contributed by atoms with Gasteiger partial charge in [0.25, 0.3) is 11.8 Å². The minimum Gasteiger partial charge on any atom is -0.355 e. The largest absolute Gasteiger partial charge is 0.355 e. The van der Waals surface area contributed by atoms with Crippen LogP contribution < -0.4 is 21.6 Å². The summed E-state index contributed by atoms with van der Waals surface area (Å²) in [5.41, 5.74) is 8.47. The molecule has 0 spiro atoms. The third-order valence-corrected chi connectivity index (χ3v) is 7.01. The number of hydrogen-bond donors (Lipinski definition) is 5. The Morgan fingerprint density at radius 1 is 0.683 bits per heavy atom. The van der Waals surface area contributed by atoms with Gasteiger partial charge in [-0.2, -0.15) is 0 Å². The van der Waals surface area contributed by atoms with Crippen LogP contribution in [0.4, 0.5) is 31.5 Å². The standard InChI is InChI=1S/C15H14FIN2O2.C14H12FIN2O2/c1-9-7-11(17)4-6-13(9)18-14-8-10(16)3-5-12(14)15(20)19-21-2;1-8-6-10(16)3-5-12(8)17-13-7-9(15)2-4-11(13)14(19)18-20/h3-8,18H,1-2H3,(H,19,20);2-7,17,20H,1H3,(H,18,19). The van der Waals surface area contributed by atoms with Crippen molar-refractivity contribution in [1.82, 2.24) is 11.0 Å². The van der Waals surface area contributed by atoms with E-state index in [1.165, 1.54) is 37.4 Å². The highest BCUT2D eigenvalue weighted by Crippen LogP contribution is 2.27. The van der Waals surface area contributed by atoms with E-state index in [4.69, 9.17) is 5.21 Å². The van der Waals surface area contributed by atoms with Crippen molar-refractivity contribution in [3.8, 4) is 0 Å². The lowest BCUT2D eigenvalue weighted by molar-refractivity contribution is 0.0538. The van der Waals surface area contributed by atoms with Gasteiger partial charge >= 0.3 is 0 Å². The normalized spacial score (nSPS) is 10.2. The number of benzene rings is 4. The van der Waals surface area contributed by atoms with E-state index in [0.717, 1.165) is 35.7 Å². The highest BCUT2D eigenvalue weighted by atomic mass is 127. The number of amides is 2. The monoisotopic (exact) mass is 786 g/mol. The number of nitrogens with one attached hydrogen (secondary N) is 4. The van der Waals surface area contributed by atoms with E-state index in [0.29, 0.717) is 16.9 Å². The van der Waals surface area contributed by atoms with Crippen LogP contribution in [0.2, 0.25) is 0 Å². The van der Waals surface area contributed by atoms with Gasteiger partial charge in [-0.25, -0.2) is 19.7 Å². The number of halogens is 4. The fourth-order valence-corrected chi connectivity index (χ4v) is 4.96. The first-order valence-electron chi connectivity index (χ1n) is 12.0. The highest BCUT2D eigenvalue weighted by molar-refractivity contribution is 14.1. The van der Waals surface area contributed by atoms with E-state index in [9.17, 15) is 18.4 Å². The highest BCUT2D eigenvalue weighted by Gasteiger charge is 2.14. The Hall–Kier alpha value is -3.34. The van der Waals surface area contributed by atoms with Gasteiger partial charge in [0.15, 0.2) is 0 Å². The van der Waals surface area contributed by atoms with E-state index < -0.39 is 23.4 Å². The molecule has 0 bridgehead atoms. The third-order valence-electron chi connectivity index (χ3n) is 5.66. The van der Waals surface area contributed by atoms with Gasteiger partial charge in [-0.05, 0) is 143 Å². The summed E-state index contributed by atoms with van der Waals surface area (Å²) in [5.74, 6) is -2.03. The van der Waals surface area contributed by atoms with Crippen LogP contribution in [0.1, 0.15) is 31.8 Å². The number of hydroxylamine groups is 2. The first-order valence-corrected chi connectivity index (χ1v) is 14.1. The molecule has 8 nitrogen and oxygen atoms in total. The molecule has 0 aliphatic rings. The van der Waals surface area contributed by atoms with Gasteiger partial charge in [-0.15, -0.1) is 0 Å². The molecular weight excluding hydrogens is 760 g/mol. The van der Waals surface area contributed by atoms with Crippen molar-refractivity contribution < 1.29 is 28.4 Å². The molecule has 0 fully saturated rings. The lowest BCUT2D eigenvalue weighted by Gasteiger charge is -2.14. The van der Waals surface area contributed by atoms with Crippen molar-refractivity contribution in [2.24, 2.45) is 0 Å².